The van der Waals surface area contributed by atoms with E-state index in [1.807, 2.05) is 30.3 Å². The van der Waals surface area contributed by atoms with Crippen molar-refractivity contribution >= 4 is 22.6 Å². The van der Waals surface area contributed by atoms with Gasteiger partial charge in [0.1, 0.15) is 0 Å². The first-order valence-electron chi connectivity index (χ1n) is 7.92. The molecule has 4 heteroatoms. The molecule has 3 nitrogen and oxygen atoms in total. The second kappa shape index (κ2) is 11.1. The molecule has 1 radical (unpaired) electrons. The normalized spacial score (nSPS) is 10.8. The first kappa shape index (κ1) is 21.5. The maximum absolute atomic E-state index is 10.0. The quantitative estimate of drug-likeness (QED) is 0.295. The van der Waals surface area contributed by atoms with E-state index in [4.69, 9.17) is 5.11 Å². The average molecular weight is 523 g/mol. The van der Waals surface area contributed by atoms with Gasteiger partial charge in [0.15, 0.2) is 5.78 Å². The molecule has 0 bridgehead atoms. The third kappa shape index (κ3) is 7.14. The maximum atomic E-state index is 10.0. The van der Waals surface area contributed by atoms with E-state index >= 15 is 0 Å². The van der Waals surface area contributed by atoms with E-state index in [1.165, 1.54) is 30.7 Å². The number of pyridine rings is 1. The van der Waals surface area contributed by atoms with Crippen molar-refractivity contribution in [2.75, 3.05) is 0 Å². The molecule has 1 heterocycles. The van der Waals surface area contributed by atoms with Crippen molar-refractivity contribution in [2.45, 2.75) is 13.8 Å². The smallest absolute Gasteiger partial charge is 0.155 e. The number of carbonyl (C=O) groups excluding carboxylic acids is 1. The van der Waals surface area contributed by atoms with Gasteiger partial charge in [0.05, 0.1) is 5.76 Å². The first-order valence-corrected chi connectivity index (χ1v) is 7.92. The number of rotatable bonds is 3. The largest absolute Gasteiger partial charge is 0.512 e. The molecule has 1 aromatic heterocycles. The molecule has 0 aliphatic rings. The summed E-state index contributed by atoms with van der Waals surface area (Å²) in [6.45, 7) is 2.85. The fourth-order valence-corrected chi connectivity index (χ4v) is 2.26. The van der Waals surface area contributed by atoms with Gasteiger partial charge in [0, 0.05) is 32.4 Å². The number of benzene rings is 2. The molecule has 26 heavy (non-hydrogen) atoms. The number of ketones is 1. The van der Waals surface area contributed by atoms with Crippen molar-refractivity contribution in [1.29, 1.82) is 0 Å². The van der Waals surface area contributed by atoms with Crippen LogP contribution in [0, 0.1) is 6.08 Å². The van der Waals surface area contributed by atoms with E-state index in [1.54, 1.807) is 6.20 Å². The third-order valence-corrected chi connectivity index (χ3v) is 3.27. The summed E-state index contributed by atoms with van der Waals surface area (Å²) in [6.07, 6.45) is 8.19. The van der Waals surface area contributed by atoms with Gasteiger partial charge < -0.3 is 10.1 Å². The minimum Gasteiger partial charge on any atom is -0.512 e. The summed E-state index contributed by atoms with van der Waals surface area (Å²) >= 11 is 0. The topological polar surface area (TPSA) is 50.2 Å². The molecule has 2 aromatic carbocycles. The van der Waals surface area contributed by atoms with Gasteiger partial charge in [0.2, 0.25) is 0 Å². The van der Waals surface area contributed by atoms with Crippen LogP contribution in [0.3, 0.4) is 0 Å². The zero-order valence-electron chi connectivity index (χ0n) is 14.6. The van der Waals surface area contributed by atoms with Crippen LogP contribution in [-0.4, -0.2) is 15.9 Å². The molecule has 0 atom stereocenters. The first-order chi connectivity index (χ1) is 12.1. The van der Waals surface area contributed by atoms with Gasteiger partial charge in [-0.3, -0.25) is 4.79 Å². The van der Waals surface area contributed by atoms with E-state index in [9.17, 15) is 4.79 Å². The summed E-state index contributed by atoms with van der Waals surface area (Å²) in [5, 5.41) is 10.8. The van der Waals surface area contributed by atoms with Gasteiger partial charge in [-0.05, 0) is 25.6 Å². The van der Waals surface area contributed by atoms with Crippen LogP contribution in [0.15, 0.2) is 78.7 Å². The molecule has 0 aliphatic carbocycles. The number of nitrogens with zero attached hydrogens (tertiary/aromatic N) is 1. The molecule has 1 N–H and O–H groups in total. The van der Waals surface area contributed by atoms with Crippen LogP contribution in [0.2, 0.25) is 0 Å². The second-order valence-corrected chi connectivity index (χ2v) is 5.47. The van der Waals surface area contributed by atoms with Gasteiger partial charge >= 0.3 is 0 Å². The summed E-state index contributed by atoms with van der Waals surface area (Å²) in [4.78, 5) is 14.3. The minimum atomic E-state index is -0.125. The average Bonchev–Trinajstić information content (AvgIpc) is 2.60. The van der Waals surface area contributed by atoms with Gasteiger partial charge in [-0.15, -0.1) is 29.8 Å². The molecule has 0 spiro atoms. The Hall–Kier alpha value is -2.55. The van der Waals surface area contributed by atoms with Crippen LogP contribution in [0.5, 0.6) is 0 Å². The van der Waals surface area contributed by atoms with E-state index in [2.05, 4.69) is 47.5 Å². The van der Waals surface area contributed by atoms with E-state index in [0.29, 0.717) is 0 Å². The Morgan fingerprint density at radius 2 is 1.69 bits per heavy atom. The Balaban J connectivity index is 0.000000366. The van der Waals surface area contributed by atoms with Crippen molar-refractivity contribution in [3.8, 4) is 0 Å². The van der Waals surface area contributed by atoms with Crippen molar-refractivity contribution in [2.24, 2.45) is 0 Å². The number of aliphatic hydroxyl groups excluding tert-OH is 1. The molecule has 3 rings (SSSR count). The van der Waals surface area contributed by atoms with Crippen LogP contribution in [0.1, 0.15) is 25.1 Å². The molecule has 0 amide bonds. The predicted octanol–water partition coefficient (Wildman–Crippen LogP) is 5.13. The van der Waals surface area contributed by atoms with Gasteiger partial charge in [-0.2, -0.15) is 0 Å². The number of aliphatic hydroxyl groups is 1. The maximum Gasteiger partial charge on any atom is 0.155 e. The minimum absolute atomic E-state index is 0. The fourth-order valence-electron chi connectivity index (χ4n) is 2.26. The number of hydrogen-bond donors (Lipinski definition) is 1. The molecule has 135 valence electrons. The van der Waals surface area contributed by atoms with Crippen molar-refractivity contribution in [3.63, 3.8) is 0 Å². The van der Waals surface area contributed by atoms with Crippen LogP contribution in [0.4, 0.5) is 0 Å². The molecular weight excluding hydrogens is 502 g/mol. The van der Waals surface area contributed by atoms with Crippen LogP contribution in [-0.2, 0) is 24.9 Å². The van der Waals surface area contributed by atoms with Gasteiger partial charge in [0.25, 0.3) is 0 Å². The van der Waals surface area contributed by atoms with Crippen LogP contribution >= 0.6 is 0 Å². The van der Waals surface area contributed by atoms with E-state index in [-0.39, 0.29) is 31.6 Å². The number of fused-ring (bicyclic) bond motifs is 1. The Bertz CT molecular complexity index is 893. The SMILES string of the molecule is CC(=O)/C=C(/C)O.[C-](=Cc1ccccn1)c1cccc2ccccc12.[Ir]. The van der Waals surface area contributed by atoms with Gasteiger partial charge in [-0.1, -0.05) is 53.2 Å². The number of carbonyl (C=O) groups is 1. The van der Waals surface area contributed by atoms with Crippen molar-refractivity contribution in [3.05, 3.63) is 96.0 Å². The summed E-state index contributed by atoms with van der Waals surface area (Å²) in [7, 11) is 0. The molecule has 0 saturated heterocycles. The Morgan fingerprint density at radius 3 is 2.31 bits per heavy atom. The zero-order chi connectivity index (χ0) is 18.1. The monoisotopic (exact) mass is 523 g/mol. The standard InChI is InChI=1S/C17H12N.C5H8O2.Ir/c1-2-10-17-14(6-1)7-5-8-15(17)11-12-16-9-3-4-13-18-16;1-4(6)3-5(2)7;/h1-10,12-13H;3,6H,1-2H3;/q-1;;/b;4-3-;. The summed E-state index contributed by atoms with van der Waals surface area (Å²) in [5.41, 5.74) is 2.02. The molecule has 3 aromatic rings. The Kier molecular flexibility index (Phi) is 9.21. The molecule has 0 aliphatic heterocycles. The second-order valence-electron chi connectivity index (χ2n) is 5.47. The van der Waals surface area contributed by atoms with E-state index < -0.39 is 0 Å². The number of allylic oxidation sites excluding steroid dienone is 2. The molecule has 0 saturated carbocycles. The van der Waals surface area contributed by atoms with Crippen LogP contribution in [0.25, 0.3) is 16.8 Å². The van der Waals surface area contributed by atoms with E-state index in [0.717, 1.165) is 11.3 Å². The number of hydrogen-bond acceptors (Lipinski definition) is 3. The fraction of sp³-hybridized carbons (Fsp3) is 0.0909. The summed E-state index contributed by atoms with van der Waals surface area (Å²) < 4.78 is 0. The zero-order valence-corrected chi connectivity index (χ0v) is 17.0. The Morgan fingerprint density at radius 1 is 1.00 bits per heavy atom. The third-order valence-electron chi connectivity index (χ3n) is 3.27. The molecular formula is C22H20IrNO2-. The van der Waals surface area contributed by atoms with Crippen molar-refractivity contribution < 1.29 is 30.0 Å². The summed E-state index contributed by atoms with van der Waals surface area (Å²) in [6, 6.07) is 20.4. The predicted molar refractivity (Wildman–Crippen MR) is 102 cm³/mol. The number of aromatic nitrogens is 1. The van der Waals surface area contributed by atoms with Crippen LogP contribution < -0.4 is 0 Å². The van der Waals surface area contributed by atoms with Gasteiger partial charge in [-0.25, -0.2) is 0 Å². The van der Waals surface area contributed by atoms with Crippen molar-refractivity contribution in [1.82, 2.24) is 4.98 Å². The summed E-state index contributed by atoms with van der Waals surface area (Å²) in [5.74, 6) is -0.0625. The molecule has 0 unspecified atom stereocenters. The molecule has 0 fully saturated rings. The Labute approximate surface area is 167 Å².